The van der Waals surface area contributed by atoms with Gasteiger partial charge in [-0.3, -0.25) is 9.59 Å². The molecule has 0 aromatic heterocycles. The predicted octanol–water partition coefficient (Wildman–Crippen LogP) is 0.339. The third-order valence-electron chi connectivity index (χ3n) is 3.44. The Kier molecular flexibility index (Phi) is 2.80. The molecule has 5 heteroatoms. The maximum Gasteiger partial charge on any atom is 0.259 e. The number of aliphatic imine (C=N–C) groups is 1. The van der Waals surface area contributed by atoms with Gasteiger partial charge in [0, 0.05) is 0 Å². The summed E-state index contributed by atoms with van der Waals surface area (Å²) >= 11 is 0. The summed E-state index contributed by atoms with van der Waals surface area (Å²) in [7, 11) is 0. The second kappa shape index (κ2) is 3.97. The molecule has 1 atom stereocenters. The minimum atomic E-state index is -0.684. The molecule has 0 saturated heterocycles. The predicted molar refractivity (Wildman–Crippen MR) is 59.8 cm³/mol. The largest absolute Gasteiger partial charge is 0.319 e. The molecule has 2 aliphatic rings. The maximum absolute atomic E-state index is 11.5. The van der Waals surface area contributed by atoms with Crippen LogP contribution in [-0.4, -0.2) is 23.2 Å². The Labute approximate surface area is 94.5 Å². The number of carbonyl (C=O) groups excluding carboxylic acids is 2. The van der Waals surface area contributed by atoms with Crippen LogP contribution in [0.5, 0.6) is 0 Å². The fourth-order valence-electron chi connectivity index (χ4n) is 2.23. The van der Waals surface area contributed by atoms with Crippen molar-refractivity contribution in [2.45, 2.75) is 44.6 Å². The number of hydrogen-bond donors (Lipinski definition) is 2. The summed E-state index contributed by atoms with van der Waals surface area (Å²) in [4.78, 5) is 27.0. The van der Waals surface area contributed by atoms with Gasteiger partial charge in [0.15, 0.2) is 0 Å². The van der Waals surface area contributed by atoms with E-state index < -0.39 is 11.5 Å². The second-order valence-electron chi connectivity index (χ2n) is 4.73. The number of nitrogens with zero attached hydrogens (tertiary/aromatic N) is 1. The van der Waals surface area contributed by atoms with Gasteiger partial charge in [-0.15, -0.1) is 0 Å². The van der Waals surface area contributed by atoms with E-state index in [9.17, 15) is 9.59 Å². The second-order valence-corrected chi connectivity index (χ2v) is 4.73. The van der Waals surface area contributed by atoms with E-state index in [-0.39, 0.29) is 11.8 Å². The van der Waals surface area contributed by atoms with Crippen molar-refractivity contribution in [3.8, 4) is 0 Å². The first-order valence-corrected chi connectivity index (χ1v) is 5.76. The first kappa shape index (κ1) is 11.3. The molecular weight excluding hydrogens is 206 g/mol. The van der Waals surface area contributed by atoms with Crippen molar-refractivity contribution in [3.63, 3.8) is 0 Å². The lowest BCUT2D eigenvalue weighted by Crippen LogP contribution is -2.59. The van der Waals surface area contributed by atoms with Crippen LogP contribution in [0, 0.1) is 5.92 Å². The first-order chi connectivity index (χ1) is 7.53. The van der Waals surface area contributed by atoms with Crippen LogP contribution in [-0.2, 0) is 9.59 Å². The van der Waals surface area contributed by atoms with Crippen molar-refractivity contribution in [1.29, 1.82) is 0 Å². The number of amides is 2. The number of carbonyl (C=O) groups is 2. The average Bonchev–Trinajstić information content (AvgIpc) is 2.26. The van der Waals surface area contributed by atoms with E-state index in [0.717, 1.165) is 32.1 Å². The topological polar surface area (TPSA) is 84.6 Å². The van der Waals surface area contributed by atoms with E-state index in [1.807, 2.05) is 0 Å². The molecule has 1 aliphatic heterocycles. The van der Waals surface area contributed by atoms with E-state index in [1.165, 1.54) is 0 Å². The van der Waals surface area contributed by atoms with Gasteiger partial charge in [-0.25, -0.2) is 0 Å². The normalized spacial score (nSPS) is 29.6. The Morgan fingerprint density at radius 1 is 1.31 bits per heavy atom. The van der Waals surface area contributed by atoms with Crippen LogP contribution in [0.15, 0.2) is 4.99 Å². The molecule has 0 radical (unpaired) electrons. The van der Waals surface area contributed by atoms with E-state index in [4.69, 9.17) is 5.73 Å². The highest BCUT2D eigenvalue weighted by Gasteiger charge is 2.39. The summed E-state index contributed by atoms with van der Waals surface area (Å²) in [5.74, 6) is -0.976. The third kappa shape index (κ3) is 1.87. The van der Waals surface area contributed by atoms with Crippen LogP contribution >= 0.6 is 0 Å². The van der Waals surface area contributed by atoms with Crippen LogP contribution in [0.4, 0.5) is 0 Å². The lowest BCUT2D eigenvalue weighted by molar-refractivity contribution is -0.132. The Balaban J connectivity index is 2.24. The Morgan fingerprint density at radius 2 is 1.94 bits per heavy atom. The smallest absolute Gasteiger partial charge is 0.259 e. The molecule has 1 aliphatic carbocycles. The summed E-state index contributed by atoms with van der Waals surface area (Å²) < 4.78 is 0. The molecule has 3 N–H and O–H groups in total. The average molecular weight is 223 g/mol. The molecule has 1 unspecified atom stereocenters. The van der Waals surface area contributed by atoms with E-state index in [2.05, 4.69) is 10.3 Å². The van der Waals surface area contributed by atoms with Gasteiger partial charge >= 0.3 is 0 Å². The van der Waals surface area contributed by atoms with Crippen molar-refractivity contribution in [2.24, 2.45) is 16.6 Å². The Bertz CT molecular complexity index is 356. The zero-order valence-corrected chi connectivity index (χ0v) is 9.45. The third-order valence-corrected chi connectivity index (χ3v) is 3.44. The van der Waals surface area contributed by atoms with E-state index in [1.54, 1.807) is 6.92 Å². The lowest BCUT2D eigenvalue weighted by Gasteiger charge is -2.36. The zero-order valence-electron chi connectivity index (χ0n) is 9.45. The molecule has 0 aromatic rings. The van der Waals surface area contributed by atoms with Gasteiger partial charge in [-0.1, -0.05) is 19.3 Å². The van der Waals surface area contributed by atoms with Gasteiger partial charge in [0.2, 0.25) is 5.91 Å². The van der Waals surface area contributed by atoms with Crippen LogP contribution in [0.25, 0.3) is 0 Å². The van der Waals surface area contributed by atoms with Gasteiger partial charge in [-0.05, 0) is 19.8 Å². The van der Waals surface area contributed by atoms with Crippen LogP contribution < -0.4 is 11.1 Å². The molecule has 16 heavy (non-hydrogen) atoms. The van der Waals surface area contributed by atoms with Crippen molar-refractivity contribution < 1.29 is 9.59 Å². The van der Waals surface area contributed by atoms with Crippen LogP contribution in [0.3, 0.4) is 0 Å². The maximum atomic E-state index is 11.5. The number of nitrogens with one attached hydrogen (secondary N) is 1. The van der Waals surface area contributed by atoms with Crippen LogP contribution in [0.1, 0.15) is 39.0 Å². The van der Waals surface area contributed by atoms with Gasteiger partial charge in [0.05, 0.1) is 5.54 Å². The Hall–Kier alpha value is -1.23. The summed E-state index contributed by atoms with van der Waals surface area (Å²) in [6.45, 7) is 1.56. The van der Waals surface area contributed by atoms with Gasteiger partial charge < -0.3 is 11.1 Å². The minimum Gasteiger partial charge on any atom is -0.319 e. The number of nitrogens with two attached hydrogens (primary N) is 1. The summed E-state index contributed by atoms with van der Waals surface area (Å²) in [5.41, 5.74) is 5.60. The molecule has 88 valence electrons. The molecule has 0 spiro atoms. The monoisotopic (exact) mass is 223 g/mol. The minimum absolute atomic E-state index is 0.287. The molecule has 5 nitrogen and oxygen atoms in total. The van der Waals surface area contributed by atoms with E-state index >= 15 is 0 Å². The van der Waals surface area contributed by atoms with Crippen molar-refractivity contribution in [3.05, 3.63) is 0 Å². The fourth-order valence-corrected chi connectivity index (χ4v) is 2.23. The molecule has 1 heterocycles. The molecule has 2 amide bonds. The highest BCUT2D eigenvalue weighted by Crippen LogP contribution is 2.27. The van der Waals surface area contributed by atoms with Crippen molar-refractivity contribution in [2.75, 3.05) is 0 Å². The standard InChI is InChI=1S/C11H17N3O2/c1-7-8(15)13-10(14-9(7)16)11(12)5-3-2-4-6-11/h7H,2-6,12H2,1H3,(H,13,14,15,16). The lowest BCUT2D eigenvalue weighted by atomic mass is 9.81. The first-order valence-electron chi connectivity index (χ1n) is 5.76. The summed E-state index contributed by atoms with van der Waals surface area (Å²) in [6.07, 6.45) is 4.77. The number of hydrogen-bond acceptors (Lipinski definition) is 3. The zero-order chi connectivity index (χ0) is 11.8. The molecule has 0 aromatic carbocycles. The van der Waals surface area contributed by atoms with Crippen LogP contribution in [0.2, 0.25) is 0 Å². The quantitative estimate of drug-likeness (QED) is 0.628. The van der Waals surface area contributed by atoms with E-state index in [0.29, 0.717) is 5.84 Å². The van der Waals surface area contributed by atoms with Gasteiger partial charge in [-0.2, -0.15) is 4.99 Å². The molecule has 1 fully saturated rings. The Morgan fingerprint density at radius 3 is 2.50 bits per heavy atom. The summed E-state index contributed by atoms with van der Waals surface area (Å²) in [5, 5.41) is 2.67. The van der Waals surface area contributed by atoms with Crippen molar-refractivity contribution in [1.82, 2.24) is 5.32 Å². The SMILES string of the molecule is CC1C(=O)N=C(C2(N)CCCCC2)NC1=O. The fraction of sp³-hybridized carbons (Fsp3) is 0.727. The number of amidine groups is 1. The molecule has 2 rings (SSSR count). The molecular formula is C11H17N3O2. The van der Waals surface area contributed by atoms with Gasteiger partial charge in [0.25, 0.3) is 5.91 Å². The van der Waals surface area contributed by atoms with Gasteiger partial charge in [0.1, 0.15) is 11.8 Å². The highest BCUT2D eigenvalue weighted by molar-refractivity contribution is 6.18. The summed E-state index contributed by atoms with van der Waals surface area (Å²) in [6, 6.07) is 0. The molecule has 1 saturated carbocycles. The molecule has 0 bridgehead atoms. The number of rotatable bonds is 1. The van der Waals surface area contributed by atoms with Crippen molar-refractivity contribution >= 4 is 17.6 Å². The highest BCUT2D eigenvalue weighted by atomic mass is 16.2.